The maximum Gasteiger partial charge on any atom is 0.339 e. The topological polar surface area (TPSA) is 69.5 Å². The van der Waals surface area contributed by atoms with Crippen molar-refractivity contribution in [1.29, 1.82) is 0 Å². The summed E-state index contributed by atoms with van der Waals surface area (Å²) in [5, 5.41) is 7.86. The van der Waals surface area contributed by atoms with Gasteiger partial charge in [0.2, 0.25) is 0 Å². The molecule has 5 aromatic rings. The molecule has 3 aromatic carbocycles. The molecule has 0 spiro atoms. The van der Waals surface area contributed by atoms with Gasteiger partial charge in [0.15, 0.2) is 6.10 Å². The fourth-order valence-electron chi connectivity index (χ4n) is 7.39. The third-order valence-electron chi connectivity index (χ3n) is 9.93. The Morgan fingerprint density at radius 3 is 2.40 bits per heavy atom. The third-order valence-corrected chi connectivity index (χ3v) is 11.3. The van der Waals surface area contributed by atoms with Crippen molar-refractivity contribution in [3.8, 4) is 21.7 Å². The number of rotatable bonds is 8. The van der Waals surface area contributed by atoms with Crippen molar-refractivity contribution in [3.05, 3.63) is 70.4 Å². The number of carbonyl (C=O) groups excluding carboxylic acids is 1. The van der Waals surface area contributed by atoms with Crippen LogP contribution < -0.4 is 0 Å². The highest BCUT2D eigenvalue weighted by molar-refractivity contribution is 7.22. The Labute approximate surface area is 292 Å². The summed E-state index contributed by atoms with van der Waals surface area (Å²) in [4.78, 5) is 21.4. The summed E-state index contributed by atoms with van der Waals surface area (Å²) in [6.45, 7) is 12.3. The Morgan fingerprint density at radius 1 is 1.04 bits per heavy atom. The van der Waals surface area contributed by atoms with Gasteiger partial charge in [0.25, 0.3) is 0 Å². The summed E-state index contributed by atoms with van der Waals surface area (Å²) in [6, 6.07) is 17.3. The highest BCUT2D eigenvalue weighted by atomic mass is 35.5. The van der Waals surface area contributed by atoms with E-state index in [1.165, 1.54) is 30.3 Å². The van der Waals surface area contributed by atoms with Crippen LogP contribution in [0.1, 0.15) is 88.6 Å². The standard InChI is InChI=1S/C39H45ClN4O3S/c1-7-46-38(45)35(47-39(3,4)5)32-23(2)21-30-36(33(32)24-11-14-27(40)15-12-24)48-37(41-30)26-13-16-31-29(22-26)34(42-43(31)6)25-17-19-44(20-18-25)28-9-8-10-28/h11-16,21-22,25,28,35H,7-10,17-20H2,1-6H3/t35-/m0/s1. The highest BCUT2D eigenvalue weighted by Crippen LogP contribution is 2.45. The van der Waals surface area contributed by atoms with E-state index in [4.69, 9.17) is 31.2 Å². The number of hydrogen-bond donors (Lipinski definition) is 0. The fraction of sp³-hybridized carbons (Fsp3) is 0.462. The predicted molar refractivity (Wildman–Crippen MR) is 196 cm³/mol. The van der Waals surface area contributed by atoms with Gasteiger partial charge in [-0.25, -0.2) is 9.78 Å². The molecule has 0 radical (unpaired) electrons. The first-order valence-corrected chi connectivity index (χ1v) is 18.5. The Bertz CT molecular complexity index is 1960. The monoisotopic (exact) mass is 684 g/mol. The number of benzene rings is 3. The number of nitrogens with zero attached hydrogens (tertiary/aromatic N) is 4. The van der Waals surface area contributed by atoms with Gasteiger partial charge in [-0.15, -0.1) is 11.3 Å². The molecule has 1 aliphatic heterocycles. The molecule has 2 fully saturated rings. The summed E-state index contributed by atoms with van der Waals surface area (Å²) in [7, 11) is 2.05. The van der Waals surface area contributed by atoms with Gasteiger partial charge in [0, 0.05) is 46.1 Å². The van der Waals surface area contributed by atoms with Crippen LogP contribution in [0.15, 0.2) is 48.5 Å². The molecule has 7 rings (SSSR count). The van der Waals surface area contributed by atoms with E-state index in [-0.39, 0.29) is 6.61 Å². The quantitative estimate of drug-likeness (QED) is 0.152. The van der Waals surface area contributed by atoms with Crippen LogP contribution in [-0.2, 0) is 21.3 Å². The van der Waals surface area contributed by atoms with Gasteiger partial charge in [-0.1, -0.05) is 30.2 Å². The fourth-order valence-corrected chi connectivity index (χ4v) is 8.64. The Morgan fingerprint density at radius 2 is 1.75 bits per heavy atom. The average molecular weight is 685 g/mol. The number of ether oxygens (including phenoxy) is 2. The molecule has 0 unspecified atom stereocenters. The number of carbonyl (C=O) groups is 1. The molecule has 3 heterocycles. The first-order valence-electron chi connectivity index (χ1n) is 17.3. The lowest BCUT2D eigenvalue weighted by molar-refractivity contribution is -0.166. The summed E-state index contributed by atoms with van der Waals surface area (Å²) >= 11 is 7.99. The number of aryl methyl sites for hydroxylation is 2. The molecule has 9 heteroatoms. The molecule has 1 aliphatic carbocycles. The number of thiazole rings is 1. The van der Waals surface area contributed by atoms with Crippen LogP contribution in [0.25, 0.3) is 42.8 Å². The molecular weight excluding hydrogens is 640 g/mol. The normalized spacial score (nSPS) is 17.2. The highest BCUT2D eigenvalue weighted by Gasteiger charge is 2.34. The number of aromatic nitrogens is 3. The van der Waals surface area contributed by atoms with Crippen LogP contribution in [0.3, 0.4) is 0 Å². The largest absolute Gasteiger partial charge is 0.464 e. The first kappa shape index (κ1) is 33.2. The first-order chi connectivity index (χ1) is 23.0. The average Bonchev–Trinajstić information content (AvgIpc) is 3.59. The SMILES string of the molecule is CCOC(=O)[C@@H](OC(C)(C)C)c1c(C)cc2nc(-c3ccc4c(c3)c(C3CCN(C5CCC5)CC3)nn4C)sc2c1-c1ccc(Cl)cc1. The van der Waals surface area contributed by atoms with E-state index in [1.54, 1.807) is 11.3 Å². The third kappa shape index (κ3) is 6.40. The van der Waals surface area contributed by atoms with Crippen LogP contribution in [0.4, 0.5) is 0 Å². The van der Waals surface area contributed by atoms with Crippen molar-refractivity contribution in [1.82, 2.24) is 19.7 Å². The molecule has 1 saturated heterocycles. The van der Waals surface area contributed by atoms with Crippen LogP contribution in [-0.4, -0.2) is 57.0 Å². The number of esters is 1. The number of halogens is 1. The minimum absolute atomic E-state index is 0.267. The van der Waals surface area contributed by atoms with Gasteiger partial charge in [-0.2, -0.15) is 5.10 Å². The van der Waals surface area contributed by atoms with Crippen LogP contribution in [0.2, 0.25) is 5.02 Å². The van der Waals surface area contributed by atoms with E-state index < -0.39 is 17.7 Å². The van der Waals surface area contributed by atoms with Crippen molar-refractivity contribution in [2.24, 2.45) is 7.05 Å². The molecule has 0 N–H and O–H groups in total. The number of hydrogen-bond acceptors (Lipinski definition) is 7. The maximum atomic E-state index is 13.5. The van der Waals surface area contributed by atoms with Gasteiger partial charge in [0.1, 0.15) is 5.01 Å². The van der Waals surface area contributed by atoms with E-state index in [0.717, 1.165) is 80.5 Å². The maximum absolute atomic E-state index is 13.5. The Hall–Kier alpha value is -3.30. The molecular formula is C39H45ClN4O3S. The summed E-state index contributed by atoms with van der Waals surface area (Å²) in [5.41, 5.74) is 7.31. The van der Waals surface area contributed by atoms with Crippen molar-refractivity contribution in [2.45, 2.75) is 90.4 Å². The van der Waals surface area contributed by atoms with Crippen LogP contribution in [0.5, 0.6) is 0 Å². The second-order valence-electron chi connectivity index (χ2n) is 14.4. The van der Waals surface area contributed by atoms with Gasteiger partial charge in [-0.05, 0) is 121 Å². The van der Waals surface area contributed by atoms with Gasteiger partial charge in [0.05, 0.1) is 33.6 Å². The second kappa shape index (κ2) is 13.2. The summed E-state index contributed by atoms with van der Waals surface area (Å²) in [5.74, 6) is 0.0582. The molecule has 2 aromatic heterocycles. The predicted octanol–water partition coefficient (Wildman–Crippen LogP) is 9.63. The van der Waals surface area contributed by atoms with E-state index >= 15 is 0 Å². The lowest BCUT2D eigenvalue weighted by atomic mass is 9.86. The van der Waals surface area contributed by atoms with E-state index in [9.17, 15) is 4.79 Å². The van der Waals surface area contributed by atoms with E-state index in [0.29, 0.717) is 10.9 Å². The molecule has 0 bridgehead atoms. The van der Waals surface area contributed by atoms with Crippen molar-refractivity contribution < 1.29 is 14.3 Å². The zero-order valence-corrected chi connectivity index (χ0v) is 30.4. The summed E-state index contributed by atoms with van der Waals surface area (Å²) < 4.78 is 15.1. The molecule has 0 amide bonds. The lowest BCUT2D eigenvalue weighted by Gasteiger charge is -2.41. The van der Waals surface area contributed by atoms with Gasteiger partial charge < -0.3 is 14.4 Å². The van der Waals surface area contributed by atoms with Gasteiger partial charge in [-0.3, -0.25) is 4.68 Å². The number of fused-ring (bicyclic) bond motifs is 2. The Kier molecular flexibility index (Phi) is 9.13. The molecule has 252 valence electrons. The van der Waals surface area contributed by atoms with Gasteiger partial charge >= 0.3 is 5.97 Å². The van der Waals surface area contributed by atoms with Crippen LogP contribution >= 0.6 is 22.9 Å². The molecule has 7 nitrogen and oxygen atoms in total. The van der Waals surface area contributed by atoms with Crippen LogP contribution in [0, 0.1) is 6.92 Å². The van der Waals surface area contributed by atoms with Crippen molar-refractivity contribution in [2.75, 3.05) is 19.7 Å². The van der Waals surface area contributed by atoms with E-state index in [1.807, 2.05) is 63.6 Å². The number of likely N-dealkylation sites (tertiary alicyclic amines) is 1. The minimum atomic E-state index is -0.907. The molecule has 2 aliphatic rings. The zero-order valence-electron chi connectivity index (χ0n) is 28.8. The molecule has 1 atom stereocenters. The zero-order chi connectivity index (χ0) is 33.7. The summed E-state index contributed by atoms with van der Waals surface area (Å²) in [6.07, 6.45) is 5.49. The van der Waals surface area contributed by atoms with E-state index in [2.05, 4.69) is 36.2 Å². The smallest absolute Gasteiger partial charge is 0.339 e. The Balaban J connectivity index is 1.33. The second-order valence-corrected chi connectivity index (χ2v) is 15.8. The minimum Gasteiger partial charge on any atom is -0.464 e. The van der Waals surface area contributed by atoms with Crippen molar-refractivity contribution >= 4 is 50.0 Å². The molecule has 1 saturated carbocycles. The molecule has 48 heavy (non-hydrogen) atoms. The van der Waals surface area contributed by atoms with Crippen molar-refractivity contribution in [3.63, 3.8) is 0 Å². The number of piperidine rings is 1. The lowest BCUT2D eigenvalue weighted by Crippen LogP contribution is -2.44.